The number of aromatic amines is 1. The van der Waals surface area contributed by atoms with Gasteiger partial charge in [0.1, 0.15) is 16.9 Å². The van der Waals surface area contributed by atoms with Gasteiger partial charge in [0.2, 0.25) is 0 Å². The molecule has 0 radical (unpaired) electrons. The highest BCUT2D eigenvalue weighted by Crippen LogP contribution is 2.50. The molecule has 1 saturated heterocycles. The van der Waals surface area contributed by atoms with Crippen molar-refractivity contribution in [2.45, 2.75) is 38.3 Å². The first kappa shape index (κ1) is 13.5. The molecule has 0 saturated carbocycles. The van der Waals surface area contributed by atoms with E-state index in [1.54, 1.807) is 7.11 Å². The zero-order valence-electron chi connectivity index (χ0n) is 13.3. The summed E-state index contributed by atoms with van der Waals surface area (Å²) in [7, 11) is 1.68. The van der Waals surface area contributed by atoms with Crippen LogP contribution in [0.15, 0.2) is 18.2 Å². The third kappa shape index (κ3) is 1.41. The number of fused-ring (bicyclic) bond motifs is 5. The van der Waals surface area contributed by atoms with Gasteiger partial charge in [-0.2, -0.15) is 0 Å². The molecule has 116 valence electrons. The molecule has 0 unspecified atom stereocenters. The van der Waals surface area contributed by atoms with Gasteiger partial charge in [0.25, 0.3) is 0 Å². The summed E-state index contributed by atoms with van der Waals surface area (Å²) in [6, 6.07) is 6.05. The lowest BCUT2D eigenvalue weighted by molar-refractivity contribution is 0.0172. The average Bonchev–Trinajstić information content (AvgIpc) is 2.93. The van der Waals surface area contributed by atoms with Crippen molar-refractivity contribution >= 4 is 17.0 Å². The van der Waals surface area contributed by atoms with Crippen molar-refractivity contribution < 1.29 is 14.3 Å². The van der Waals surface area contributed by atoms with Gasteiger partial charge in [-0.1, -0.05) is 0 Å². The number of nitrogens with zero attached hydrogens (tertiary/aromatic N) is 1. The minimum Gasteiger partial charge on any atom is -0.497 e. The number of aromatic nitrogens is 1. The third-order valence-electron chi connectivity index (χ3n) is 5.46. The molecule has 0 aliphatic carbocycles. The quantitative estimate of drug-likeness (QED) is 0.880. The fourth-order valence-electron chi connectivity index (χ4n) is 3.88. The first-order valence-corrected chi connectivity index (χ1v) is 7.58. The van der Waals surface area contributed by atoms with Gasteiger partial charge in [-0.25, -0.2) is 4.79 Å². The number of methoxy groups -OCH3 is 1. The highest BCUT2D eigenvalue weighted by Gasteiger charge is 2.61. The Morgan fingerprint density at radius 2 is 2.09 bits per heavy atom. The molecule has 3 heterocycles. The zero-order valence-corrected chi connectivity index (χ0v) is 13.3. The van der Waals surface area contributed by atoms with Gasteiger partial charge in [0.05, 0.1) is 7.11 Å². The largest absolute Gasteiger partial charge is 0.497 e. The second-order valence-corrected chi connectivity index (χ2v) is 6.74. The summed E-state index contributed by atoms with van der Waals surface area (Å²) >= 11 is 0. The van der Waals surface area contributed by atoms with Crippen LogP contribution in [0.3, 0.4) is 0 Å². The van der Waals surface area contributed by atoms with Gasteiger partial charge in [-0.3, -0.25) is 4.90 Å². The van der Waals surface area contributed by atoms with E-state index in [1.165, 1.54) is 10.9 Å². The molecular formula is C17H20N2O3. The van der Waals surface area contributed by atoms with Crippen LogP contribution < -0.4 is 4.74 Å². The van der Waals surface area contributed by atoms with Gasteiger partial charge >= 0.3 is 6.09 Å². The zero-order chi connectivity index (χ0) is 15.7. The molecule has 5 nitrogen and oxygen atoms in total. The van der Waals surface area contributed by atoms with E-state index in [9.17, 15) is 4.79 Å². The molecule has 1 amide bonds. The molecule has 5 heteroatoms. The molecule has 1 fully saturated rings. The summed E-state index contributed by atoms with van der Waals surface area (Å²) in [5.41, 5.74) is 2.36. The normalized spacial score (nSPS) is 25.8. The van der Waals surface area contributed by atoms with Crippen LogP contribution in [0, 0.1) is 0 Å². The van der Waals surface area contributed by atoms with Gasteiger partial charge < -0.3 is 14.5 Å². The number of carbonyl (C=O) groups excluding carboxylic acids is 1. The monoisotopic (exact) mass is 300 g/mol. The summed E-state index contributed by atoms with van der Waals surface area (Å²) in [5, 5.41) is 1.17. The van der Waals surface area contributed by atoms with Crippen molar-refractivity contribution in [1.82, 2.24) is 9.88 Å². The van der Waals surface area contributed by atoms with Gasteiger partial charge in [0.15, 0.2) is 0 Å². The van der Waals surface area contributed by atoms with Crippen LogP contribution >= 0.6 is 0 Å². The smallest absolute Gasteiger partial charge is 0.411 e. The molecule has 0 spiro atoms. The molecule has 1 aromatic carbocycles. The van der Waals surface area contributed by atoms with Crippen molar-refractivity contribution in [1.29, 1.82) is 0 Å². The number of carbonyl (C=O) groups is 1. The second kappa shape index (κ2) is 3.97. The molecule has 1 atom stereocenters. The maximum absolute atomic E-state index is 12.2. The summed E-state index contributed by atoms with van der Waals surface area (Å²) in [5.74, 6) is 0.847. The first-order chi connectivity index (χ1) is 10.4. The third-order valence-corrected chi connectivity index (χ3v) is 5.46. The SMILES string of the molecule is COc1ccc2[nH]c3c(c2c1)CCN1C(=O)OC(C)(C)[C@]31C. The second-order valence-electron chi connectivity index (χ2n) is 6.74. The van der Waals surface area contributed by atoms with E-state index in [0.29, 0.717) is 6.54 Å². The number of ether oxygens (including phenoxy) is 2. The molecular weight excluding hydrogens is 280 g/mol. The van der Waals surface area contributed by atoms with Gasteiger partial charge in [0, 0.05) is 23.1 Å². The predicted molar refractivity (Wildman–Crippen MR) is 83.2 cm³/mol. The summed E-state index contributed by atoms with van der Waals surface area (Å²) < 4.78 is 11.0. The predicted octanol–water partition coefficient (Wildman–Crippen LogP) is 3.18. The molecule has 1 aromatic heterocycles. The van der Waals surface area contributed by atoms with Crippen LogP contribution in [0.4, 0.5) is 4.79 Å². The molecule has 4 rings (SSSR count). The van der Waals surface area contributed by atoms with E-state index in [4.69, 9.17) is 9.47 Å². The van der Waals surface area contributed by atoms with Crippen LogP contribution in [-0.4, -0.2) is 35.2 Å². The number of benzene rings is 1. The van der Waals surface area contributed by atoms with Gasteiger partial charge in [-0.15, -0.1) is 0 Å². The van der Waals surface area contributed by atoms with Crippen LogP contribution in [0.5, 0.6) is 5.75 Å². The first-order valence-electron chi connectivity index (χ1n) is 7.58. The molecule has 2 aliphatic heterocycles. The van der Waals surface area contributed by atoms with Crippen molar-refractivity contribution in [3.63, 3.8) is 0 Å². The van der Waals surface area contributed by atoms with E-state index in [0.717, 1.165) is 23.4 Å². The Hall–Kier alpha value is -2.17. The maximum Gasteiger partial charge on any atom is 0.411 e. The Morgan fingerprint density at radius 1 is 1.32 bits per heavy atom. The van der Waals surface area contributed by atoms with Crippen LogP contribution in [0.1, 0.15) is 32.0 Å². The van der Waals surface area contributed by atoms with Crippen molar-refractivity contribution in [2.75, 3.05) is 13.7 Å². The number of hydrogen-bond donors (Lipinski definition) is 1. The summed E-state index contributed by atoms with van der Waals surface area (Å²) in [6.07, 6.45) is 0.595. The molecule has 1 N–H and O–H groups in total. The minimum absolute atomic E-state index is 0.227. The van der Waals surface area contributed by atoms with Crippen LogP contribution in [0.25, 0.3) is 10.9 Å². The lowest BCUT2D eigenvalue weighted by atomic mass is 9.76. The van der Waals surface area contributed by atoms with Crippen molar-refractivity contribution in [2.24, 2.45) is 0 Å². The number of nitrogens with one attached hydrogen (secondary N) is 1. The number of H-pyrrole nitrogens is 1. The van der Waals surface area contributed by atoms with Crippen LogP contribution in [-0.2, 0) is 16.7 Å². The highest BCUT2D eigenvalue weighted by molar-refractivity contribution is 5.88. The summed E-state index contributed by atoms with van der Waals surface area (Å²) in [4.78, 5) is 17.6. The molecule has 0 bridgehead atoms. The Bertz CT molecular complexity index is 793. The Labute approximate surface area is 129 Å². The molecule has 2 aromatic rings. The van der Waals surface area contributed by atoms with Gasteiger partial charge in [-0.05, 0) is 51.0 Å². The topological polar surface area (TPSA) is 54.6 Å². The van der Waals surface area contributed by atoms with E-state index in [1.807, 2.05) is 30.9 Å². The molecule has 2 aliphatic rings. The van der Waals surface area contributed by atoms with E-state index in [2.05, 4.69) is 18.0 Å². The average molecular weight is 300 g/mol. The number of hydrogen-bond acceptors (Lipinski definition) is 3. The minimum atomic E-state index is -0.579. The van der Waals surface area contributed by atoms with E-state index < -0.39 is 11.1 Å². The maximum atomic E-state index is 12.2. The lowest BCUT2D eigenvalue weighted by Gasteiger charge is -2.43. The Morgan fingerprint density at radius 3 is 2.82 bits per heavy atom. The summed E-state index contributed by atoms with van der Waals surface area (Å²) in [6.45, 7) is 6.72. The number of rotatable bonds is 1. The Balaban J connectivity index is 2.00. The number of cyclic esters (lactones) is 1. The Kier molecular flexibility index (Phi) is 2.43. The van der Waals surface area contributed by atoms with E-state index >= 15 is 0 Å². The molecule has 22 heavy (non-hydrogen) atoms. The standard InChI is InChI=1S/C17H20N2O3/c1-16(2)17(3)14-11(7-8-19(17)15(20)22-16)12-9-10(21-4)5-6-13(12)18-14/h5-6,9,18H,7-8H2,1-4H3/t17-/m0/s1. The van der Waals surface area contributed by atoms with Crippen molar-refractivity contribution in [3.05, 3.63) is 29.5 Å². The fourth-order valence-corrected chi connectivity index (χ4v) is 3.88. The van der Waals surface area contributed by atoms with Crippen molar-refractivity contribution in [3.8, 4) is 5.75 Å². The van der Waals surface area contributed by atoms with E-state index in [-0.39, 0.29) is 6.09 Å². The number of amides is 1. The fraction of sp³-hybridized carbons (Fsp3) is 0.471. The lowest BCUT2D eigenvalue weighted by Crippen LogP contribution is -2.54. The highest BCUT2D eigenvalue weighted by atomic mass is 16.6. The van der Waals surface area contributed by atoms with Crippen LogP contribution in [0.2, 0.25) is 0 Å².